The average Bonchev–Trinajstić information content (AvgIpc) is 3.77. The third kappa shape index (κ3) is 8.17. The predicted octanol–water partition coefficient (Wildman–Crippen LogP) is 5.53. The van der Waals surface area contributed by atoms with E-state index in [1.165, 1.54) is 0 Å². The number of aromatic nitrogens is 2. The fraction of sp³-hybridized carbons (Fsp3) is 0.500. The highest BCUT2D eigenvalue weighted by Crippen LogP contribution is 2.26. The molecule has 1 aromatic heterocycles. The molecule has 2 saturated heterocycles. The van der Waals surface area contributed by atoms with Crippen LogP contribution in [0.15, 0.2) is 36.4 Å². The van der Waals surface area contributed by atoms with Crippen molar-refractivity contribution >= 4 is 46.4 Å². The molecule has 46 heavy (non-hydrogen) atoms. The summed E-state index contributed by atoms with van der Waals surface area (Å²) >= 11 is 6.19. The summed E-state index contributed by atoms with van der Waals surface area (Å²) in [5.74, 6) is 0.105. The SMILES string of the molecule is Cc1cc(C(=O)N[C@@H](CCC(=O)N2CCC[C@H]2CNC(=O)OC(C)(C)C)c2nc3cc(Cl)ccc3[nH]2)ccc1C(=O)N1CCCC1. The molecule has 5 rings (SSSR count). The molecule has 2 atom stereocenters. The van der Waals surface area contributed by atoms with Crippen molar-refractivity contribution in [2.45, 2.75) is 83.9 Å². The molecule has 2 aliphatic rings. The van der Waals surface area contributed by atoms with Crippen LogP contribution in [-0.2, 0) is 9.53 Å². The van der Waals surface area contributed by atoms with Crippen LogP contribution in [0.4, 0.5) is 4.79 Å². The quantitative estimate of drug-likeness (QED) is 0.279. The molecule has 2 aliphatic heterocycles. The highest BCUT2D eigenvalue weighted by molar-refractivity contribution is 6.31. The van der Waals surface area contributed by atoms with E-state index >= 15 is 0 Å². The number of amides is 4. The van der Waals surface area contributed by atoms with Crippen molar-refractivity contribution in [1.29, 1.82) is 0 Å². The Balaban J connectivity index is 1.28. The first-order valence-electron chi connectivity index (χ1n) is 16.0. The van der Waals surface area contributed by atoms with Gasteiger partial charge >= 0.3 is 6.09 Å². The summed E-state index contributed by atoms with van der Waals surface area (Å²) in [6, 6.07) is 9.70. The molecule has 4 amide bonds. The maximum Gasteiger partial charge on any atom is 0.407 e. The van der Waals surface area contributed by atoms with Gasteiger partial charge in [0.15, 0.2) is 0 Å². The predicted molar refractivity (Wildman–Crippen MR) is 176 cm³/mol. The number of halogens is 1. The number of fused-ring (bicyclic) bond motifs is 1. The molecule has 3 N–H and O–H groups in total. The number of carbonyl (C=O) groups excluding carboxylic acids is 4. The number of likely N-dealkylation sites (tertiary alicyclic amines) is 2. The van der Waals surface area contributed by atoms with Crippen molar-refractivity contribution in [1.82, 2.24) is 30.4 Å². The third-order valence-electron chi connectivity index (χ3n) is 8.44. The Morgan fingerprint density at radius 1 is 1.07 bits per heavy atom. The minimum Gasteiger partial charge on any atom is -0.444 e. The van der Waals surface area contributed by atoms with Gasteiger partial charge in [-0.1, -0.05) is 11.6 Å². The van der Waals surface area contributed by atoms with Crippen molar-refractivity contribution in [2.75, 3.05) is 26.2 Å². The molecule has 0 saturated carbocycles. The van der Waals surface area contributed by atoms with E-state index in [2.05, 4.69) is 15.6 Å². The van der Waals surface area contributed by atoms with Crippen molar-refractivity contribution in [3.63, 3.8) is 0 Å². The lowest BCUT2D eigenvalue weighted by molar-refractivity contribution is -0.132. The Bertz CT molecular complexity index is 1610. The minimum atomic E-state index is -0.609. The van der Waals surface area contributed by atoms with Crippen LogP contribution in [0.2, 0.25) is 5.02 Å². The van der Waals surface area contributed by atoms with Gasteiger partial charge in [0.25, 0.3) is 11.8 Å². The van der Waals surface area contributed by atoms with Crippen LogP contribution in [0.25, 0.3) is 11.0 Å². The number of nitrogens with one attached hydrogen (secondary N) is 3. The molecule has 12 heteroatoms. The first-order valence-corrected chi connectivity index (χ1v) is 16.4. The van der Waals surface area contributed by atoms with Gasteiger partial charge in [-0.25, -0.2) is 9.78 Å². The number of carbonyl (C=O) groups is 4. The van der Waals surface area contributed by atoms with Crippen LogP contribution in [0.3, 0.4) is 0 Å². The molecular formula is C34H43ClN6O5. The molecule has 246 valence electrons. The van der Waals surface area contributed by atoms with E-state index in [4.69, 9.17) is 21.3 Å². The first-order chi connectivity index (χ1) is 21.9. The van der Waals surface area contributed by atoms with Crippen LogP contribution < -0.4 is 10.6 Å². The molecule has 3 heterocycles. The molecule has 0 spiro atoms. The van der Waals surface area contributed by atoms with Gasteiger partial charge in [-0.05, 0) is 102 Å². The number of aromatic amines is 1. The van der Waals surface area contributed by atoms with Gasteiger partial charge in [-0.15, -0.1) is 0 Å². The number of hydrogen-bond donors (Lipinski definition) is 3. The summed E-state index contributed by atoms with van der Waals surface area (Å²) < 4.78 is 5.34. The van der Waals surface area contributed by atoms with Crippen molar-refractivity contribution in [2.24, 2.45) is 0 Å². The summed E-state index contributed by atoms with van der Waals surface area (Å²) in [4.78, 5) is 63.8. The number of rotatable bonds is 9. The summed E-state index contributed by atoms with van der Waals surface area (Å²) in [6.07, 6.45) is 3.58. The highest BCUT2D eigenvalue weighted by Gasteiger charge is 2.31. The second-order valence-corrected chi connectivity index (χ2v) is 13.6. The number of aryl methyl sites for hydroxylation is 1. The number of H-pyrrole nitrogens is 1. The van der Waals surface area contributed by atoms with Crippen LogP contribution in [0.5, 0.6) is 0 Å². The molecule has 0 radical (unpaired) electrons. The Morgan fingerprint density at radius 2 is 1.83 bits per heavy atom. The van der Waals surface area contributed by atoms with E-state index < -0.39 is 17.7 Å². The zero-order valence-corrected chi connectivity index (χ0v) is 27.7. The van der Waals surface area contributed by atoms with E-state index in [1.54, 1.807) is 56.0 Å². The van der Waals surface area contributed by atoms with Gasteiger partial charge in [0.1, 0.15) is 11.4 Å². The molecule has 3 aromatic rings. The summed E-state index contributed by atoms with van der Waals surface area (Å²) in [5.41, 5.74) is 2.55. The lowest BCUT2D eigenvalue weighted by atomic mass is 10.0. The van der Waals surface area contributed by atoms with Crippen molar-refractivity contribution in [3.05, 3.63) is 63.9 Å². The molecule has 0 unspecified atom stereocenters. The molecule has 0 bridgehead atoms. The maximum absolute atomic E-state index is 13.6. The summed E-state index contributed by atoms with van der Waals surface area (Å²) in [6.45, 7) is 9.65. The topological polar surface area (TPSA) is 137 Å². The van der Waals surface area contributed by atoms with E-state index in [0.717, 1.165) is 49.9 Å². The van der Waals surface area contributed by atoms with Gasteiger partial charge in [0.05, 0.1) is 17.1 Å². The smallest absolute Gasteiger partial charge is 0.407 e. The standard InChI is InChI=1S/C34H43ClN6O5/c1-21-18-22(9-11-25(21)32(44)40-15-5-6-16-40)31(43)39-27(30-37-26-12-10-23(35)19-28(26)38-30)13-14-29(42)41-17-7-8-24(41)20-36-33(45)46-34(2,3)4/h9-12,18-19,24,27H,5-8,13-17,20H2,1-4H3,(H,36,45)(H,37,38)(H,39,43)/t24-,27-/m0/s1. The van der Waals surface area contributed by atoms with Crippen LogP contribution in [0, 0.1) is 6.92 Å². The monoisotopic (exact) mass is 650 g/mol. The fourth-order valence-corrected chi connectivity index (χ4v) is 6.29. The van der Waals surface area contributed by atoms with Crippen molar-refractivity contribution in [3.8, 4) is 0 Å². The largest absolute Gasteiger partial charge is 0.444 e. The number of alkyl carbamates (subject to hydrolysis) is 1. The second kappa shape index (κ2) is 14.1. The fourth-order valence-electron chi connectivity index (χ4n) is 6.12. The normalized spacial score (nSPS) is 17.3. The zero-order valence-electron chi connectivity index (χ0n) is 27.0. The summed E-state index contributed by atoms with van der Waals surface area (Å²) in [7, 11) is 0. The third-order valence-corrected chi connectivity index (χ3v) is 8.67. The summed E-state index contributed by atoms with van der Waals surface area (Å²) in [5, 5.41) is 6.40. The first kappa shape index (κ1) is 33.2. The zero-order chi connectivity index (χ0) is 33.0. The molecule has 2 aromatic carbocycles. The lowest BCUT2D eigenvalue weighted by Gasteiger charge is -2.27. The van der Waals surface area contributed by atoms with Crippen LogP contribution in [-0.4, -0.2) is 81.4 Å². The number of imidazole rings is 1. The molecular weight excluding hydrogens is 608 g/mol. The van der Waals surface area contributed by atoms with Gasteiger partial charge < -0.3 is 30.2 Å². The number of ether oxygens (including phenoxy) is 1. The van der Waals surface area contributed by atoms with Crippen LogP contribution in [0.1, 0.15) is 97.4 Å². The Hall–Kier alpha value is -4.12. The Morgan fingerprint density at radius 3 is 2.54 bits per heavy atom. The van der Waals surface area contributed by atoms with Gasteiger partial charge in [-0.3, -0.25) is 14.4 Å². The van der Waals surface area contributed by atoms with Gasteiger partial charge in [-0.2, -0.15) is 0 Å². The Labute approximate surface area is 274 Å². The Kier molecular flexibility index (Phi) is 10.2. The molecule has 11 nitrogen and oxygen atoms in total. The number of benzene rings is 2. The van der Waals surface area contributed by atoms with Crippen LogP contribution >= 0.6 is 11.6 Å². The lowest BCUT2D eigenvalue weighted by Crippen LogP contribution is -2.44. The van der Waals surface area contributed by atoms with E-state index in [0.29, 0.717) is 47.0 Å². The van der Waals surface area contributed by atoms with E-state index in [-0.39, 0.29) is 30.2 Å². The minimum absolute atomic E-state index is 0.0132. The second-order valence-electron chi connectivity index (χ2n) is 13.1. The number of hydrogen-bond acceptors (Lipinski definition) is 6. The van der Waals surface area contributed by atoms with E-state index in [1.807, 2.05) is 17.9 Å². The van der Waals surface area contributed by atoms with E-state index in [9.17, 15) is 19.2 Å². The highest BCUT2D eigenvalue weighted by atomic mass is 35.5. The number of nitrogens with zero attached hydrogens (tertiary/aromatic N) is 3. The van der Waals surface area contributed by atoms with Gasteiger partial charge in [0.2, 0.25) is 5.91 Å². The maximum atomic E-state index is 13.6. The molecule has 0 aliphatic carbocycles. The molecule has 2 fully saturated rings. The average molecular weight is 651 g/mol. The van der Waals surface area contributed by atoms with Gasteiger partial charge in [0, 0.05) is 54.8 Å². The van der Waals surface area contributed by atoms with Crippen molar-refractivity contribution < 1.29 is 23.9 Å².